The first kappa shape index (κ1) is 12.5. The molecule has 0 atom stereocenters. The molecule has 0 N–H and O–H groups in total. The van der Waals surface area contributed by atoms with Crippen molar-refractivity contribution in [1.29, 1.82) is 0 Å². The van der Waals surface area contributed by atoms with E-state index in [1.54, 1.807) is 0 Å². The molecule has 1 aliphatic carbocycles. The molecule has 0 amide bonds. The van der Waals surface area contributed by atoms with E-state index >= 15 is 0 Å². The van der Waals surface area contributed by atoms with Crippen LogP contribution in [0.4, 0.5) is 0 Å². The Balaban J connectivity index is 2.17. The maximum absolute atomic E-state index is 11.6. The maximum Gasteiger partial charge on any atom is 0.308 e. The maximum atomic E-state index is 11.6. The monoisotopic (exact) mass is 211 g/mol. The van der Waals surface area contributed by atoms with Crippen molar-refractivity contribution in [3.8, 4) is 0 Å². The molecule has 1 rings (SSSR count). The van der Waals surface area contributed by atoms with E-state index < -0.39 is 0 Å². The fourth-order valence-electron chi connectivity index (χ4n) is 1.83. The van der Waals surface area contributed by atoms with Crippen molar-refractivity contribution >= 4 is 5.97 Å². The zero-order chi connectivity index (χ0) is 11.3. The van der Waals surface area contributed by atoms with E-state index in [1.807, 2.05) is 6.42 Å². The van der Waals surface area contributed by atoms with Crippen LogP contribution in [0.15, 0.2) is 0 Å². The Labute approximate surface area is 93.4 Å². The number of carbonyl (C=O) groups is 1. The lowest BCUT2D eigenvalue weighted by atomic mass is 9.89. The lowest BCUT2D eigenvalue weighted by Crippen LogP contribution is -2.22. The second-order valence-corrected chi connectivity index (χ2v) is 5.54. The van der Waals surface area contributed by atoms with E-state index in [-0.39, 0.29) is 17.3 Å². The van der Waals surface area contributed by atoms with E-state index in [1.165, 1.54) is 19.3 Å². The lowest BCUT2D eigenvalue weighted by molar-refractivity contribution is -0.149. The van der Waals surface area contributed by atoms with Crippen LogP contribution >= 0.6 is 0 Å². The average Bonchev–Trinajstić information content (AvgIpc) is 2.17. The number of esters is 1. The molecule has 0 aromatic heterocycles. The minimum Gasteiger partial charge on any atom is -0.465 e. The summed E-state index contributed by atoms with van der Waals surface area (Å²) in [6.45, 7) is 6.79. The van der Waals surface area contributed by atoms with Crippen molar-refractivity contribution in [3.63, 3.8) is 0 Å². The van der Waals surface area contributed by atoms with Gasteiger partial charge in [-0.3, -0.25) is 4.79 Å². The standard InChI is InChI=1S/C13H23O2/c1-13(2,3)9-10-15-12(14)11-7-5-4-6-8-11/h9,11H,4-8,10H2,1-3H3. The number of ether oxygens (including phenoxy) is 1. The van der Waals surface area contributed by atoms with Crippen LogP contribution in [0.5, 0.6) is 0 Å². The van der Waals surface area contributed by atoms with Crippen molar-refractivity contribution < 1.29 is 9.53 Å². The van der Waals surface area contributed by atoms with Gasteiger partial charge in [-0.2, -0.15) is 0 Å². The van der Waals surface area contributed by atoms with E-state index in [9.17, 15) is 4.79 Å². The van der Waals surface area contributed by atoms with Crippen molar-refractivity contribution in [2.45, 2.75) is 52.9 Å². The topological polar surface area (TPSA) is 26.3 Å². The van der Waals surface area contributed by atoms with Gasteiger partial charge >= 0.3 is 5.97 Å². The second-order valence-electron chi connectivity index (χ2n) is 5.54. The average molecular weight is 211 g/mol. The van der Waals surface area contributed by atoms with Gasteiger partial charge < -0.3 is 4.74 Å². The van der Waals surface area contributed by atoms with Gasteiger partial charge in [-0.15, -0.1) is 0 Å². The Morgan fingerprint density at radius 3 is 2.40 bits per heavy atom. The molecule has 0 heterocycles. The van der Waals surface area contributed by atoms with E-state index in [4.69, 9.17) is 4.74 Å². The minimum atomic E-state index is 0.00944. The van der Waals surface area contributed by atoms with Crippen LogP contribution in [-0.4, -0.2) is 12.6 Å². The van der Waals surface area contributed by atoms with E-state index in [0.29, 0.717) is 6.61 Å². The molecule has 1 fully saturated rings. The summed E-state index contributed by atoms with van der Waals surface area (Å²) in [7, 11) is 0. The Bertz CT molecular complexity index is 197. The first-order valence-corrected chi connectivity index (χ1v) is 6.00. The van der Waals surface area contributed by atoms with Gasteiger partial charge in [0.1, 0.15) is 0 Å². The zero-order valence-electron chi connectivity index (χ0n) is 10.2. The zero-order valence-corrected chi connectivity index (χ0v) is 10.2. The van der Waals surface area contributed by atoms with Gasteiger partial charge in [0.05, 0.1) is 12.5 Å². The third-order valence-corrected chi connectivity index (χ3v) is 2.86. The molecule has 0 saturated heterocycles. The molecule has 2 heteroatoms. The van der Waals surface area contributed by atoms with Gasteiger partial charge in [-0.05, 0) is 18.3 Å². The van der Waals surface area contributed by atoms with Gasteiger partial charge in [0.15, 0.2) is 0 Å². The summed E-state index contributed by atoms with van der Waals surface area (Å²) in [5.41, 5.74) is 0.132. The summed E-state index contributed by atoms with van der Waals surface area (Å²) in [5.74, 6) is 0.183. The highest BCUT2D eigenvalue weighted by atomic mass is 16.5. The van der Waals surface area contributed by atoms with Crippen LogP contribution in [0.3, 0.4) is 0 Å². The molecular formula is C13H23O2. The van der Waals surface area contributed by atoms with Crippen LogP contribution in [0.1, 0.15) is 52.9 Å². The predicted molar refractivity (Wildman–Crippen MR) is 61.3 cm³/mol. The molecule has 0 aliphatic heterocycles. The summed E-state index contributed by atoms with van der Waals surface area (Å²) < 4.78 is 5.26. The fourth-order valence-corrected chi connectivity index (χ4v) is 1.83. The van der Waals surface area contributed by atoms with Crippen LogP contribution in [0, 0.1) is 17.8 Å². The Kier molecular flexibility index (Phi) is 4.62. The van der Waals surface area contributed by atoms with Crippen LogP contribution in [0.2, 0.25) is 0 Å². The molecule has 87 valence electrons. The molecule has 1 aliphatic rings. The molecule has 2 nitrogen and oxygen atoms in total. The van der Waals surface area contributed by atoms with E-state index in [0.717, 1.165) is 12.8 Å². The number of hydrogen-bond acceptors (Lipinski definition) is 2. The Morgan fingerprint density at radius 2 is 1.87 bits per heavy atom. The molecule has 0 unspecified atom stereocenters. The van der Waals surface area contributed by atoms with Crippen molar-refractivity contribution in [2.24, 2.45) is 11.3 Å². The SMILES string of the molecule is CC(C)(C)[CH]COC(=O)C1CCCCC1. The third kappa shape index (κ3) is 5.19. The van der Waals surface area contributed by atoms with Gasteiger partial charge in [-0.25, -0.2) is 0 Å². The van der Waals surface area contributed by atoms with Crippen LogP contribution in [-0.2, 0) is 9.53 Å². The van der Waals surface area contributed by atoms with Crippen molar-refractivity contribution in [3.05, 3.63) is 6.42 Å². The summed E-state index contributed by atoms with van der Waals surface area (Å²) in [6.07, 6.45) is 7.74. The molecule has 0 bridgehead atoms. The molecule has 0 spiro atoms. The lowest BCUT2D eigenvalue weighted by Gasteiger charge is -2.21. The highest BCUT2D eigenvalue weighted by molar-refractivity contribution is 5.72. The van der Waals surface area contributed by atoms with Crippen molar-refractivity contribution in [2.75, 3.05) is 6.61 Å². The summed E-state index contributed by atoms with van der Waals surface area (Å²) in [4.78, 5) is 11.6. The highest BCUT2D eigenvalue weighted by Gasteiger charge is 2.22. The number of rotatable bonds is 3. The van der Waals surface area contributed by atoms with Gasteiger partial charge in [0.2, 0.25) is 0 Å². The number of carbonyl (C=O) groups excluding carboxylic acids is 1. The molecule has 1 radical (unpaired) electrons. The Morgan fingerprint density at radius 1 is 1.27 bits per heavy atom. The summed E-state index contributed by atoms with van der Waals surface area (Å²) >= 11 is 0. The van der Waals surface area contributed by atoms with Gasteiger partial charge in [-0.1, -0.05) is 40.0 Å². The minimum absolute atomic E-state index is 0.00944. The smallest absolute Gasteiger partial charge is 0.308 e. The molecule has 15 heavy (non-hydrogen) atoms. The largest absolute Gasteiger partial charge is 0.465 e. The molecule has 0 aromatic rings. The summed E-state index contributed by atoms with van der Waals surface area (Å²) in [5, 5.41) is 0. The Hall–Kier alpha value is -0.530. The first-order chi connectivity index (χ1) is 6.99. The third-order valence-electron chi connectivity index (χ3n) is 2.86. The van der Waals surface area contributed by atoms with Gasteiger partial charge in [0, 0.05) is 6.42 Å². The molecule has 0 aromatic carbocycles. The van der Waals surface area contributed by atoms with Crippen LogP contribution in [0.25, 0.3) is 0 Å². The van der Waals surface area contributed by atoms with E-state index in [2.05, 4.69) is 20.8 Å². The highest BCUT2D eigenvalue weighted by Crippen LogP contribution is 2.25. The van der Waals surface area contributed by atoms with Crippen LogP contribution < -0.4 is 0 Å². The fraction of sp³-hybridized carbons (Fsp3) is 0.846. The van der Waals surface area contributed by atoms with Crippen molar-refractivity contribution in [1.82, 2.24) is 0 Å². The molecular weight excluding hydrogens is 188 g/mol. The second kappa shape index (κ2) is 5.53. The van der Waals surface area contributed by atoms with Gasteiger partial charge in [0.25, 0.3) is 0 Å². The summed E-state index contributed by atoms with van der Waals surface area (Å²) in [6, 6.07) is 0. The predicted octanol–water partition coefficient (Wildman–Crippen LogP) is 3.36. The quantitative estimate of drug-likeness (QED) is 0.669. The normalized spacial score (nSPS) is 18.9. The number of hydrogen-bond donors (Lipinski definition) is 0. The molecule has 1 saturated carbocycles. The first-order valence-electron chi connectivity index (χ1n) is 6.00.